The van der Waals surface area contributed by atoms with E-state index in [4.69, 9.17) is 0 Å². The van der Waals surface area contributed by atoms with Gasteiger partial charge in [-0.05, 0) is 6.42 Å². The fourth-order valence-electron chi connectivity index (χ4n) is 2.65. The maximum absolute atomic E-state index is 4.32. The van der Waals surface area contributed by atoms with Crippen LogP contribution in [0.1, 0.15) is 71.1 Å². The highest BCUT2D eigenvalue weighted by Crippen LogP contribution is 2.10. The Morgan fingerprint density at radius 1 is 0.750 bits per heavy atom. The molecule has 3 heteroatoms. The van der Waals surface area contributed by atoms with E-state index >= 15 is 0 Å². The number of rotatable bonds is 11. The topological polar surface area (TPSA) is 18.8 Å². The van der Waals surface area contributed by atoms with Gasteiger partial charge < -0.3 is 9.80 Å². The van der Waals surface area contributed by atoms with Crippen LogP contribution in [-0.4, -0.2) is 50.5 Å². The third-order valence-electron chi connectivity index (χ3n) is 3.79. The van der Waals surface area contributed by atoms with E-state index in [2.05, 4.69) is 42.9 Å². The van der Waals surface area contributed by atoms with Gasteiger partial charge in [-0.15, -0.1) is 0 Å². The van der Waals surface area contributed by atoms with Crippen LogP contribution in [0.5, 0.6) is 0 Å². The molecular formula is C17H37N3. The monoisotopic (exact) mass is 283 g/mol. The molecule has 0 saturated heterocycles. The maximum atomic E-state index is 4.32. The van der Waals surface area contributed by atoms with Crippen LogP contribution in [-0.2, 0) is 0 Å². The lowest BCUT2D eigenvalue weighted by molar-refractivity contribution is 0.406. The van der Waals surface area contributed by atoms with Crippen LogP contribution >= 0.6 is 0 Å². The van der Waals surface area contributed by atoms with Crippen LogP contribution in [0.2, 0.25) is 0 Å². The lowest BCUT2D eigenvalue weighted by atomic mass is 10.1. The summed E-state index contributed by atoms with van der Waals surface area (Å²) in [5, 5.41) is 0. The standard InChI is InChI=1S/C17H37N3/c1-6-7-8-9-10-11-12-13-14-15-16-20(5)17(18-2)19(3)4/h6-16H2,1-5H3/b18-17-. The first kappa shape index (κ1) is 19.3. The summed E-state index contributed by atoms with van der Waals surface area (Å²) in [4.78, 5) is 8.65. The first-order valence-corrected chi connectivity index (χ1v) is 8.48. The molecule has 0 aromatic carbocycles. The zero-order valence-corrected chi connectivity index (χ0v) is 14.6. The largest absolute Gasteiger partial charge is 0.349 e. The molecule has 0 aromatic heterocycles. The summed E-state index contributed by atoms with van der Waals surface area (Å²) >= 11 is 0. The normalized spacial score (nSPS) is 11.8. The third-order valence-corrected chi connectivity index (χ3v) is 3.79. The molecule has 0 fully saturated rings. The molecule has 0 aliphatic carbocycles. The minimum atomic E-state index is 1.07. The zero-order valence-electron chi connectivity index (χ0n) is 14.6. The highest BCUT2D eigenvalue weighted by molar-refractivity contribution is 5.79. The highest BCUT2D eigenvalue weighted by Gasteiger charge is 2.06. The summed E-state index contributed by atoms with van der Waals surface area (Å²) in [7, 11) is 8.11. The fraction of sp³-hybridized carbons (Fsp3) is 0.941. The van der Waals surface area contributed by atoms with Crippen molar-refractivity contribution >= 4 is 5.96 Å². The number of aliphatic imine (C=N–C) groups is 1. The second-order valence-electron chi connectivity index (χ2n) is 6.02. The van der Waals surface area contributed by atoms with Gasteiger partial charge in [0.05, 0.1) is 0 Å². The summed E-state index contributed by atoms with van der Waals surface area (Å²) in [6.45, 7) is 3.39. The molecule has 0 unspecified atom stereocenters. The van der Waals surface area contributed by atoms with Crippen LogP contribution in [0, 0.1) is 0 Å². The number of unbranched alkanes of at least 4 members (excludes halogenated alkanes) is 9. The summed E-state index contributed by atoms with van der Waals surface area (Å²) in [6, 6.07) is 0. The van der Waals surface area contributed by atoms with E-state index < -0.39 is 0 Å². The Bertz CT molecular complexity index is 236. The first-order valence-electron chi connectivity index (χ1n) is 8.48. The van der Waals surface area contributed by atoms with Gasteiger partial charge in [0.2, 0.25) is 0 Å². The van der Waals surface area contributed by atoms with Crippen molar-refractivity contribution < 1.29 is 0 Å². The average Bonchev–Trinajstić information content (AvgIpc) is 2.41. The molecule has 0 radical (unpaired) electrons. The van der Waals surface area contributed by atoms with Crippen molar-refractivity contribution in [3.8, 4) is 0 Å². The molecule has 0 spiro atoms. The first-order chi connectivity index (χ1) is 9.63. The minimum Gasteiger partial charge on any atom is -0.349 e. The van der Waals surface area contributed by atoms with E-state index in [0.717, 1.165) is 12.5 Å². The lowest BCUT2D eigenvalue weighted by Crippen LogP contribution is -2.38. The van der Waals surface area contributed by atoms with Crippen molar-refractivity contribution in [3.63, 3.8) is 0 Å². The molecule has 0 amide bonds. The molecule has 0 saturated carbocycles. The van der Waals surface area contributed by atoms with E-state index in [1.54, 1.807) is 0 Å². The molecule has 0 aliphatic heterocycles. The predicted octanol–water partition coefficient (Wildman–Crippen LogP) is 4.39. The zero-order chi connectivity index (χ0) is 15.2. The van der Waals surface area contributed by atoms with E-state index in [0.29, 0.717) is 0 Å². The highest BCUT2D eigenvalue weighted by atomic mass is 15.3. The van der Waals surface area contributed by atoms with Crippen LogP contribution in [0.4, 0.5) is 0 Å². The fourth-order valence-corrected chi connectivity index (χ4v) is 2.65. The maximum Gasteiger partial charge on any atom is 0.195 e. The van der Waals surface area contributed by atoms with Crippen molar-refractivity contribution in [2.75, 3.05) is 34.7 Å². The van der Waals surface area contributed by atoms with E-state index in [-0.39, 0.29) is 0 Å². The Hall–Kier alpha value is -0.730. The van der Waals surface area contributed by atoms with Gasteiger partial charge in [-0.2, -0.15) is 0 Å². The van der Waals surface area contributed by atoms with Gasteiger partial charge >= 0.3 is 0 Å². The average molecular weight is 284 g/mol. The van der Waals surface area contributed by atoms with Crippen molar-refractivity contribution in [2.45, 2.75) is 71.1 Å². The van der Waals surface area contributed by atoms with Gasteiger partial charge in [-0.3, -0.25) is 4.99 Å². The van der Waals surface area contributed by atoms with E-state index in [9.17, 15) is 0 Å². The predicted molar refractivity (Wildman–Crippen MR) is 91.5 cm³/mol. The smallest absolute Gasteiger partial charge is 0.195 e. The molecule has 0 N–H and O–H groups in total. The Balaban J connectivity index is 3.40. The SMILES string of the molecule is CCCCCCCCCCCCN(C)/C(=N\C)N(C)C. The molecule has 0 aromatic rings. The molecule has 3 nitrogen and oxygen atoms in total. The van der Waals surface area contributed by atoms with Gasteiger partial charge in [0.15, 0.2) is 5.96 Å². The summed E-state index contributed by atoms with van der Waals surface area (Å²) in [6.07, 6.45) is 13.9. The minimum absolute atomic E-state index is 1.07. The Kier molecular flexibility index (Phi) is 12.8. The van der Waals surface area contributed by atoms with Crippen LogP contribution in [0.15, 0.2) is 4.99 Å². The van der Waals surface area contributed by atoms with Crippen LogP contribution in [0.25, 0.3) is 0 Å². The van der Waals surface area contributed by atoms with Crippen molar-refractivity contribution in [3.05, 3.63) is 0 Å². The molecule has 120 valence electrons. The van der Waals surface area contributed by atoms with Gasteiger partial charge in [0.1, 0.15) is 0 Å². The number of hydrogen-bond acceptors (Lipinski definition) is 1. The van der Waals surface area contributed by atoms with Crippen molar-refractivity contribution in [1.29, 1.82) is 0 Å². The molecule has 0 heterocycles. The summed E-state index contributed by atoms with van der Waals surface area (Å²) in [5.41, 5.74) is 0. The van der Waals surface area contributed by atoms with Gasteiger partial charge in [0.25, 0.3) is 0 Å². The molecule has 0 atom stereocenters. The van der Waals surface area contributed by atoms with Crippen molar-refractivity contribution in [1.82, 2.24) is 9.80 Å². The van der Waals surface area contributed by atoms with Gasteiger partial charge in [-0.1, -0.05) is 64.7 Å². The lowest BCUT2D eigenvalue weighted by Gasteiger charge is -2.26. The van der Waals surface area contributed by atoms with Gasteiger partial charge in [-0.25, -0.2) is 0 Å². The Morgan fingerprint density at radius 2 is 1.20 bits per heavy atom. The number of guanidine groups is 1. The molecule has 0 aliphatic rings. The summed E-state index contributed by atoms with van der Waals surface area (Å²) in [5.74, 6) is 1.07. The number of nitrogens with zero attached hydrogens (tertiary/aromatic N) is 3. The van der Waals surface area contributed by atoms with E-state index in [1.165, 1.54) is 64.2 Å². The van der Waals surface area contributed by atoms with Gasteiger partial charge in [0, 0.05) is 34.7 Å². The molecular weight excluding hydrogens is 246 g/mol. The second-order valence-corrected chi connectivity index (χ2v) is 6.02. The molecule has 20 heavy (non-hydrogen) atoms. The molecule has 0 bridgehead atoms. The number of hydrogen-bond donors (Lipinski definition) is 0. The van der Waals surface area contributed by atoms with E-state index in [1.807, 2.05) is 7.05 Å². The van der Waals surface area contributed by atoms with Crippen LogP contribution in [0.3, 0.4) is 0 Å². The van der Waals surface area contributed by atoms with Crippen molar-refractivity contribution in [2.24, 2.45) is 4.99 Å². The second kappa shape index (κ2) is 13.3. The Labute approximate surface area is 127 Å². The quantitative estimate of drug-likeness (QED) is 0.318. The summed E-state index contributed by atoms with van der Waals surface area (Å²) < 4.78 is 0. The third kappa shape index (κ3) is 10.1. The van der Waals surface area contributed by atoms with Crippen LogP contribution < -0.4 is 0 Å². The molecule has 0 rings (SSSR count). The Morgan fingerprint density at radius 3 is 1.60 bits per heavy atom.